The monoisotopic (exact) mass is 451 g/mol. The van der Waals surface area contributed by atoms with Crippen LogP contribution < -0.4 is 16.3 Å². The fraction of sp³-hybridized carbons (Fsp3) is 0. The summed E-state index contributed by atoms with van der Waals surface area (Å²) in [4.78, 5) is 28.7. The Kier molecular flexibility index (Phi) is 5.75. The molecule has 4 rings (SSSR count). The van der Waals surface area contributed by atoms with E-state index in [4.69, 9.17) is 27.6 Å². The topological polar surface area (TPSA) is 84.2 Å². The summed E-state index contributed by atoms with van der Waals surface area (Å²) in [6, 6.07) is 15.4. The Hall–Kier alpha value is -3.61. The number of amides is 1. The molecule has 0 spiro atoms. The number of anilines is 3. The molecule has 2 aromatic carbocycles. The predicted molar refractivity (Wildman–Crippen MR) is 124 cm³/mol. The Bertz CT molecular complexity index is 1360. The molecule has 2 N–H and O–H groups in total. The molecule has 8 heteroatoms. The lowest BCUT2D eigenvalue weighted by Crippen LogP contribution is -2.09. The SMILES string of the molecule is C=CC(=O)Nc1ccccc1Nc1cc2oc(=O)c(-c3c(Cl)cccc3Cl)cc2cn1. The quantitative estimate of drug-likeness (QED) is 0.361. The molecule has 0 saturated carbocycles. The first-order valence-corrected chi connectivity index (χ1v) is 9.89. The van der Waals surface area contributed by atoms with Gasteiger partial charge in [0.1, 0.15) is 11.4 Å². The van der Waals surface area contributed by atoms with Crippen LogP contribution in [0, 0.1) is 0 Å². The van der Waals surface area contributed by atoms with Gasteiger partial charge in [-0.1, -0.05) is 48.0 Å². The molecule has 0 aliphatic heterocycles. The van der Waals surface area contributed by atoms with Crippen LogP contribution in [0.3, 0.4) is 0 Å². The van der Waals surface area contributed by atoms with Gasteiger partial charge in [0.15, 0.2) is 0 Å². The molecule has 1 amide bonds. The van der Waals surface area contributed by atoms with Gasteiger partial charge in [-0.05, 0) is 36.4 Å². The van der Waals surface area contributed by atoms with Crippen molar-refractivity contribution < 1.29 is 9.21 Å². The number of halogens is 2. The van der Waals surface area contributed by atoms with E-state index in [1.54, 1.807) is 54.7 Å². The first-order valence-electron chi connectivity index (χ1n) is 9.14. The van der Waals surface area contributed by atoms with Gasteiger partial charge in [0.2, 0.25) is 5.91 Å². The van der Waals surface area contributed by atoms with Crippen LogP contribution in [0.1, 0.15) is 0 Å². The fourth-order valence-electron chi connectivity index (χ4n) is 3.03. The van der Waals surface area contributed by atoms with Crippen molar-refractivity contribution in [3.05, 3.63) is 93.9 Å². The third-order valence-electron chi connectivity index (χ3n) is 4.48. The Morgan fingerprint density at radius 3 is 2.45 bits per heavy atom. The fourth-order valence-corrected chi connectivity index (χ4v) is 3.64. The Morgan fingerprint density at radius 1 is 1.03 bits per heavy atom. The van der Waals surface area contributed by atoms with Crippen LogP contribution in [0.15, 0.2) is 82.7 Å². The van der Waals surface area contributed by atoms with E-state index in [1.165, 1.54) is 6.08 Å². The second kappa shape index (κ2) is 8.63. The lowest BCUT2D eigenvalue weighted by molar-refractivity contribution is -0.111. The molecule has 31 heavy (non-hydrogen) atoms. The molecule has 0 aliphatic carbocycles. The molecule has 0 fully saturated rings. The van der Waals surface area contributed by atoms with Gasteiger partial charge in [-0.2, -0.15) is 0 Å². The van der Waals surface area contributed by atoms with Gasteiger partial charge in [-0.15, -0.1) is 0 Å². The minimum absolute atomic E-state index is 0.253. The van der Waals surface area contributed by atoms with Crippen molar-refractivity contribution in [2.24, 2.45) is 0 Å². The summed E-state index contributed by atoms with van der Waals surface area (Å²) in [6.07, 6.45) is 2.75. The highest BCUT2D eigenvalue weighted by Crippen LogP contribution is 2.34. The van der Waals surface area contributed by atoms with Gasteiger partial charge in [-0.3, -0.25) is 4.79 Å². The molecule has 0 bridgehead atoms. The molecule has 154 valence electrons. The van der Waals surface area contributed by atoms with E-state index >= 15 is 0 Å². The van der Waals surface area contributed by atoms with Crippen LogP contribution in [0.25, 0.3) is 22.1 Å². The Labute approximate surface area is 187 Å². The van der Waals surface area contributed by atoms with E-state index in [2.05, 4.69) is 22.2 Å². The van der Waals surface area contributed by atoms with Crippen LogP contribution in [0.4, 0.5) is 17.2 Å². The van der Waals surface area contributed by atoms with E-state index in [0.29, 0.717) is 43.8 Å². The van der Waals surface area contributed by atoms with Crippen molar-refractivity contribution in [2.75, 3.05) is 10.6 Å². The zero-order valence-corrected chi connectivity index (χ0v) is 17.5. The largest absolute Gasteiger partial charge is 0.422 e. The van der Waals surface area contributed by atoms with Crippen molar-refractivity contribution in [1.29, 1.82) is 0 Å². The average molecular weight is 452 g/mol. The van der Waals surface area contributed by atoms with Gasteiger partial charge in [-0.25, -0.2) is 9.78 Å². The van der Waals surface area contributed by atoms with E-state index in [9.17, 15) is 9.59 Å². The lowest BCUT2D eigenvalue weighted by atomic mass is 10.1. The van der Waals surface area contributed by atoms with Crippen LogP contribution in [-0.2, 0) is 4.79 Å². The molecule has 2 aromatic heterocycles. The molecule has 6 nitrogen and oxygen atoms in total. The molecule has 0 aliphatic rings. The van der Waals surface area contributed by atoms with E-state index in [-0.39, 0.29) is 11.5 Å². The van der Waals surface area contributed by atoms with Gasteiger partial charge >= 0.3 is 5.63 Å². The second-order valence-electron chi connectivity index (χ2n) is 6.52. The number of nitrogens with one attached hydrogen (secondary N) is 2. The summed E-state index contributed by atoms with van der Waals surface area (Å²) in [6.45, 7) is 3.45. The van der Waals surface area contributed by atoms with Gasteiger partial charge in [0.25, 0.3) is 0 Å². The zero-order valence-electron chi connectivity index (χ0n) is 16.0. The van der Waals surface area contributed by atoms with Gasteiger partial charge in [0, 0.05) is 23.2 Å². The second-order valence-corrected chi connectivity index (χ2v) is 7.33. The number of para-hydroxylation sites is 2. The Morgan fingerprint density at radius 2 is 1.74 bits per heavy atom. The number of hydrogen-bond acceptors (Lipinski definition) is 5. The van der Waals surface area contributed by atoms with Crippen LogP contribution in [0.5, 0.6) is 0 Å². The number of hydrogen-bond donors (Lipinski definition) is 2. The molecular weight excluding hydrogens is 437 g/mol. The lowest BCUT2D eigenvalue weighted by Gasteiger charge is -2.12. The highest BCUT2D eigenvalue weighted by molar-refractivity contribution is 6.39. The van der Waals surface area contributed by atoms with Gasteiger partial charge in [0.05, 0.1) is 27.0 Å². The third kappa shape index (κ3) is 4.30. The van der Waals surface area contributed by atoms with Crippen LogP contribution in [0.2, 0.25) is 10.0 Å². The number of nitrogens with zero attached hydrogens (tertiary/aromatic N) is 1. The van der Waals surface area contributed by atoms with Crippen molar-refractivity contribution in [2.45, 2.75) is 0 Å². The minimum atomic E-state index is -0.571. The number of pyridine rings is 1. The maximum Gasteiger partial charge on any atom is 0.344 e. The maximum atomic E-state index is 12.6. The number of carbonyl (C=O) groups excluding carboxylic acids is 1. The first kappa shape index (κ1) is 20.7. The zero-order chi connectivity index (χ0) is 22.0. The highest BCUT2D eigenvalue weighted by Gasteiger charge is 2.15. The van der Waals surface area contributed by atoms with Crippen molar-refractivity contribution in [3.63, 3.8) is 0 Å². The number of fused-ring (bicyclic) bond motifs is 1. The molecule has 0 atom stereocenters. The van der Waals surface area contributed by atoms with Crippen molar-refractivity contribution in [1.82, 2.24) is 4.98 Å². The summed E-state index contributed by atoms with van der Waals surface area (Å²) in [5.41, 5.74) is 1.60. The summed E-state index contributed by atoms with van der Waals surface area (Å²) in [7, 11) is 0. The molecule has 0 radical (unpaired) electrons. The summed E-state index contributed by atoms with van der Waals surface area (Å²) < 4.78 is 5.51. The smallest absolute Gasteiger partial charge is 0.344 e. The Balaban J connectivity index is 1.72. The normalized spacial score (nSPS) is 10.6. The number of aromatic nitrogens is 1. The molecule has 2 heterocycles. The summed E-state index contributed by atoms with van der Waals surface area (Å²) in [5, 5.41) is 7.13. The molecular formula is C23H15Cl2N3O3. The van der Waals surface area contributed by atoms with E-state index in [1.807, 2.05) is 6.07 Å². The third-order valence-corrected chi connectivity index (χ3v) is 5.11. The standard InChI is InChI=1S/C23H15Cl2N3O3/c1-2-21(29)28-18-9-4-3-8-17(18)27-20-11-19-13(12-26-20)10-14(23(30)31-19)22-15(24)6-5-7-16(22)25/h2-12H,1H2,(H,26,27)(H,28,29). The number of carbonyl (C=O) groups is 1. The molecule has 0 unspecified atom stereocenters. The number of benzene rings is 2. The number of rotatable bonds is 5. The van der Waals surface area contributed by atoms with Crippen molar-refractivity contribution >= 4 is 57.3 Å². The average Bonchev–Trinajstić information content (AvgIpc) is 2.75. The maximum absolute atomic E-state index is 12.6. The minimum Gasteiger partial charge on any atom is -0.422 e. The summed E-state index contributed by atoms with van der Waals surface area (Å²) >= 11 is 12.5. The van der Waals surface area contributed by atoms with Crippen LogP contribution in [-0.4, -0.2) is 10.9 Å². The molecule has 0 saturated heterocycles. The van der Waals surface area contributed by atoms with E-state index < -0.39 is 5.63 Å². The predicted octanol–water partition coefficient (Wildman–Crippen LogP) is 6.03. The van der Waals surface area contributed by atoms with Crippen LogP contribution >= 0.6 is 23.2 Å². The van der Waals surface area contributed by atoms with Gasteiger partial charge < -0.3 is 15.1 Å². The van der Waals surface area contributed by atoms with Crippen molar-refractivity contribution in [3.8, 4) is 11.1 Å². The van der Waals surface area contributed by atoms with E-state index in [0.717, 1.165) is 0 Å². The molecule has 4 aromatic rings. The highest BCUT2D eigenvalue weighted by atomic mass is 35.5. The first-order chi connectivity index (χ1) is 15.0. The summed E-state index contributed by atoms with van der Waals surface area (Å²) in [5.74, 6) is 0.0944.